The highest BCUT2D eigenvalue weighted by molar-refractivity contribution is 4.89. The summed E-state index contributed by atoms with van der Waals surface area (Å²) in [7, 11) is 0. The van der Waals surface area contributed by atoms with E-state index >= 15 is 0 Å². The Labute approximate surface area is 75.7 Å². The molecule has 0 spiro atoms. The van der Waals surface area contributed by atoms with Crippen molar-refractivity contribution >= 4 is 0 Å². The Hall–Kier alpha value is -0.0800. The first-order valence-electron chi connectivity index (χ1n) is 4.90. The molecule has 2 heteroatoms. The summed E-state index contributed by atoms with van der Waals surface area (Å²) in [5, 5.41) is 3.54. The van der Waals surface area contributed by atoms with Crippen molar-refractivity contribution in [1.29, 1.82) is 0 Å². The molecular weight excluding hydrogens is 150 g/mol. The van der Waals surface area contributed by atoms with E-state index < -0.39 is 0 Å². The van der Waals surface area contributed by atoms with Crippen LogP contribution >= 0.6 is 0 Å². The summed E-state index contributed by atoms with van der Waals surface area (Å²) in [4.78, 5) is 0. The molecule has 0 aliphatic carbocycles. The summed E-state index contributed by atoms with van der Waals surface area (Å²) in [5.41, 5.74) is 0.307. The van der Waals surface area contributed by atoms with Crippen LogP contribution in [0.5, 0.6) is 0 Å². The second-order valence-electron chi connectivity index (χ2n) is 4.62. The third kappa shape index (κ3) is 2.20. The molecule has 2 unspecified atom stereocenters. The lowest BCUT2D eigenvalue weighted by Crippen LogP contribution is -2.54. The van der Waals surface area contributed by atoms with Crippen molar-refractivity contribution in [3.63, 3.8) is 0 Å². The Kier molecular flexibility index (Phi) is 3.13. The van der Waals surface area contributed by atoms with Crippen molar-refractivity contribution in [2.45, 2.75) is 46.3 Å². The van der Waals surface area contributed by atoms with Gasteiger partial charge in [-0.2, -0.15) is 0 Å². The molecule has 72 valence electrons. The quantitative estimate of drug-likeness (QED) is 0.649. The Balaban J connectivity index is 2.59. The molecule has 1 fully saturated rings. The summed E-state index contributed by atoms with van der Waals surface area (Å²) in [5.74, 6) is 0. The molecule has 0 saturated carbocycles. The van der Waals surface area contributed by atoms with Gasteiger partial charge >= 0.3 is 0 Å². The molecule has 1 aliphatic rings. The molecule has 0 bridgehead atoms. The van der Waals surface area contributed by atoms with Crippen LogP contribution in [0, 0.1) is 5.41 Å². The summed E-state index contributed by atoms with van der Waals surface area (Å²) < 4.78 is 5.70. The number of hydrogen-bond donors (Lipinski definition) is 1. The predicted molar refractivity (Wildman–Crippen MR) is 51.3 cm³/mol. The van der Waals surface area contributed by atoms with E-state index in [-0.39, 0.29) is 0 Å². The van der Waals surface area contributed by atoms with Crippen LogP contribution in [0.25, 0.3) is 0 Å². The first-order chi connectivity index (χ1) is 5.55. The highest BCUT2D eigenvalue weighted by Crippen LogP contribution is 2.26. The molecule has 0 radical (unpaired) electrons. The fraction of sp³-hybridized carbons (Fsp3) is 1.00. The molecule has 0 aromatic carbocycles. The van der Waals surface area contributed by atoms with Gasteiger partial charge in [0, 0.05) is 12.6 Å². The van der Waals surface area contributed by atoms with Crippen molar-refractivity contribution < 1.29 is 4.74 Å². The fourth-order valence-electron chi connectivity index (χ4n) is 1.87. The van der Waals surface area contributed by atoms with Gasteiger partial charge in [-0.15, -0.1) is 0 Å². The van der Waals surface area contributed by atoms with Gasteiger partial charge in [-0.1, -0.05) is 27.7 Å². The van der Waals surface area contributed by atoms with Gasteiger partial charge in [0.2, 0.25) is 0 Å². The van der Waals surface area contributed by atoms with Gasteiger partial charge < -0.3 is 10.1 Å². The first kappa shape index (κ1) is 10.0. The van der Waals surface area contributed by atoms with Gasteiger partial charge in [0.25, 0.3) is 0 Å². The zero-order valence-electron chi connectivity index (χ0n) is 8.68. The van der Waals surface area contributed by atoms with Crippen molar-refractivity contribution in [2.24, 2.45) is 5.41 Å². The average molecular weight is 171 g/mol. The van der Waals surface area contributed by atoms with E-state index in [1.54, 1.807) is 0 Å². The van der Waals surface area contributed by atoms with Crippen molar-refractivity contribution in [2.75, 3.05) is 13.2 Å². The second-order valence-corrected chi connectivity index (χ2v) is 4.62. The molecule has 2 nitrogen and oxygen atoms in total. The van der Waals surface area contributed by atoms with Crippen molar-refractivity contribution in [3.05, 3.63) is 0 Å². The topological polar surface area (TPSA) is 21.3 Å². The smallest absolute Gasteiger partial charge is 0.0731 e. The Morgan fingerprint density at radius 3 is 2.50 bits per heavy atom. The standard InChI is InChI=1S/C10H21NO/c1-5-8-9(10(2,3)4)11-6-7-12-8/h8-9,11H,5-7H2,1-4H3. The number of rotatable bonds is 1. The molecule has 12 heavy (non-hydrogen) atoms. The highest BCUT2D eigenvalue weighted by atomic mass is 16.5. The fourth-order valence-corrected chi connectivity index (χ4v) is 1.87. The predicted octanol–water partition coefficient (Wildman–Crippen LogP) is 1.80. The molecule has 0 amide bonds. The van der Waals surface area contributed by atoms with Gasteiger partial charge in [0.1, 0.15) is 0 Å². The first-order valence-corrected chi connectivity index (χ1v) is 4.90. The van der Waals surface area contributed by atoms with E-state index in [2.05, 4.69) is 33.0 Å². The molecule has 1 aliphatic heterocycles. The van der Waals surface area contributed by atoms with Gasteiger partial charge in [-0.05, 0) is 11.8 Å². The van der Waals surface area contributed by atoms with Crippen molar-refractivity contribution in [1.82, 2.24) is 5.32 Å². The van der Waals surface area contributed by atoms with E-state index in [9.17, 15) is 0 Å². The molecule has 2 atom stereocenters. The zero-order valence-corrected chi connectivity index (χ0v) is 8.68. The Morgan fingerprint density at radius 1 is 1.42 bits per heavy atom. The van der Waals surface area contributed by atoms with Gasteiger partial charge in [0.15, 0.2) is 0 Å². The minimum atomic E-state index is 0.307. The molecule has 1 saturated heterocycles. The average Bonchev–Trinajstić information content (AvgIpc) is 2.03. The van der Waals surface area contributed by atoms with Crippen LogP contribution in [0.3, 0.4) is 0 Å². The number of ether oxygens (including phenoxy) is 1. The van der Waals surface area contributed by atoms with Crippen LogP contribution in [-0.2, 0) is 4.74 Å². The monoisotopic (exact) mass is 171 g/mol. The van der Waals surface area contributed by atoms with Crippen molar-refractivity contribution in [3.8, 4) is 0 Å². The summed E-state index contributed by atoms with van der Waals surface area (Å²) >= 11 is 0. The minimum absolute atomic E-state index is 0.307. The third-order valence-electron chi connectivity index (χ3n) is 2.51. The lowest BCUT2D eigenvalue weighted by atomic mass is 9.82. The minimum Gasteiger partial charge on any atom is -0.375 e. The molecule has 1 heterocycles. The van der Waals surface area contributed by atoms with E-state index in [1.807, 2.05) is 0 Å². The normalized spacial score (nSPS) is 32.0. The van der Waals surface area contributed by atoms with Crippen LogP contribution in [0.2, 0.25) is 0 Å². The van der Waals surface area contributed by atoms with Crippen LogP contribution < -0.4 is 5.32 Å². The Morgan fingerprint density at radius 2 is 2.08 bits per heavy atom. The van der Waals surface area contributed by atoms with E-state index in [0.29, 0.717) is 17.6 Å². The van der Waals surface area contributed by atoms with Crippen LogP contribution in [0.15, 0.2) is 0 Å². The number of nitrogens with one attached hydrogen (secondary N) is 1. The summed E-state index contributed by atoms with van der Waals surface area (Å²) in [6.45, 7) is 10.9. The molecule has 1 N–H and O–H groups in total. The number of morpholine rings is 1. The molecule has 0 aromatic heterocycles. The van der Waals surface area contributed by atoms with Crippen LogP contribution in [0.1, 0.15) is 34.1 Å². The lowest BCUT2D eigenvalue weighted by Gasteiger charge is -2.40. The largest absolute Gasteiger partial charge is 0.375 e. The molecule has 1 rings (SSSR count). The van der Waals surface area contributed by atoms with Crippen LogP contribution in [-0.4, -0.2) is 25.3 Å². The van der Waals surface area contributed by atoms with E-state index in [4.69, 9.17) is 4.74 Å². The Bertz CT molecular complexity index is 139. The summed E-state index contributed by atoms with van der Waals surface area (Å²) in [6, 6.07) is 0.510. The molecule has 0 aromatic rings. The number of hydrogen-bond acceptors (Lipinski definition) is 2. The maximum atomic E-state index is 5.70. The highest BCUT2D eigenvalue weighted by Gasteiger charge is 2.33. The van der Waals surface area contributed by atoms with Gasteiger partial charge in [-0.25, -0.2) is 0 Å². The second kappa shape index (κ2) is 3.75. The SMILES string of the molecule is CCC1OCCNC1C(C)(C)C. The maximum absolute atomic E-state index is 5.70. The summed E-state index contributed by atoms with van der Waals surface area (Å²) in [6.07, 6.45) is 1.51. The van der Waals surface area contributed by atoms with Gasteiger partial charge in [0.05, 0.1) is 12.7 Å². The maximum Gasteiger partial charge on any atom is 0.0731 e. The van der Waals surface area contributed by atoms with Gasteiger partial charge in [-0.3, -0.25) is 0 Å². The third-order valence-corrected chi connectivity index (χ3v) is 2.51. The lowest BCUT2D eigenvalue weighted by molar-refractivity contribution is -0.0366. The van der Waals surface area contributed by atoms with E-state index in [0.717, 1.165) is 19.6 Å². The molecular formula is C10H21NO. The zero-order chi connectivity index (χ0) is 9.19. The van der Waals surface area contributed by atoms with E-state index in [1.165, 1.54) is 0 Å². The van der Waals surface area contributed by atoms with Crippen LogP contribution in [0.4, 0.5) is 0 Å².